The van der Waals surface area contributed by atoms with Gasteiger partial charge in [-0.2, -0.15) is 0 Å². The molecular formula is C22H29N3O5. The monoisotopic (exact) mass is 415 g/mol. The van der Waals surface area contributed by atoms with Gasteiger partial charge in [0.1, 0.15) is 11.9 Å². The maximum absolute atomic E-state index is 12.9. The van der Waals surface area contributed by atoms with E-state index in [9.17, 15) is 9.59 Å². The van der Waals surface area contributed by atoms with Crippen molar-refractivity contribution in [3.05, 3.63) is 23.8 Å². The summed E-state index contributed by atoms with van der Waals surface area (Å²) in [6, 6.07) is 3.22. The van der Waals surface area contributed by atoms with Gasteiger partial charge in [-0.05, 0) is 37.1 Å². The molecule has 1 saturated heterocycles. The van der Waals surface area contributed by atoms with E-state index in [1.807, 2.05) is 50.1 Å². The van der Waals surface area contributed by atoms with Gasteiger partial charge in [-0.25, -0.2) is 4.99 Å². The molecule has 1 fully saturated rings. The highest BCUT2D eigenvalue weighted by molar-refractivity contribution is 6.11. The van der Waals surface area contributed by atoms with Crippen LogP contribution in [0.3, 0.4) is 0 Å². The second-order valence-corrected chi connectivity index (χ2v) is 7.24. The highest BCUT2D eigenvalue weighted by Gasteiger charge is 2.51. The molecule has 0 aromatic heterocycles. The fourth-order valence-corrected chi connectivity index (χ4v) is 4.12. The summed E-state index contributed by atoms with van der Waals surface area (Å²) in [5.74, 6) is 1.49. The van der Waals surface area contributed by atoms with Crippen LogP contribution in [0.25, 0.3) is 6.08 Å². The fourth-order valence-electron chi connectivity index (χ4n) is 4.12. The average Bonchev–Trinajstić information content (AvgIpc) is 3.08. The predicted octanol–water partition coefficient (Wildman–Crippen LogP) is 2.22. The van der Waals surface area contributed by atoms with E-state index in [1.54, 1.807) is 26.2 Å². The van der Waals surface area contributed by atoms with Crippen molar-refractivity contribution in [1.82, 2.24) is 9.80 Å². The van der Waals surface area contributed by atoms with Gasteiger partial charge in [0, 0.05) is 13.6 Å². The van der Waals surface area contributed by atoms with Gasteiger partial charge in [-0.15, -0.1) is 0 Å². The molecule has 2 aliphatic heterocycles. The molecule has 2 aliphatic rings. The minimum absolute atomic E-state index is 0.0559. The number of Topliss-reactive ketones (excluding diaryl/α,β-unsaturated/α-hetero) is 1. The first kappa shape index (κ1) is 21.7. The Hall–Kier alpha value is -3.03. The standard InChI is InChI=1S/C22H29N3O5/c1-7-14-19(26)18-21(25(8-2)22(14)27)23-17(24(18)3)10-9-13-11-15(28-4)20(30-6)16(12-13)29-5/h9-12,14,18,21H,7-8H2,1-6H3/b10-9+. The van der Waals surface area contributed by atoms with E-state index in [-0.39, 0.29) is 11.7 Å². The summed E-state index contributed by atoms with van der Waals surface area (Å²) in [7, 11) is 6.53. The number of hydrogen-bond acceptors (Lipinski definition) is 7. The topological polar surface area (TPSA) is 80.7 Å². The zero-order chi connectivity index (χ0) is 22.0. The van der Waals surface area contributed by atoms with Crippen LogP contribution in [-0.4, -0.2) is 74.5 Å². The highest BCUT2D eigenvalue weighted by Crippen LogP contribution is 2.38. The number of amidine groups is 1. The van der Waals surface area contributed by atoms with E-state index in [0.29, 0.717) is 36.0 Å². The molecule has 1 aromatic carbocycles. The maximum atomic E-state index is 12.9. The van der Waals surface area contributed by atoms with Crippen LogP contribution in [0.5, 0.6) is 17.2 Å². The van der Waals surface area contributed by atoms with E-state index in [4.69, 9.17) is 19.2 Å². The fraction of sp³-hybridized carbons (Fsp3) is 0.500. The zero-order valence-corrected chi connectivity index (χ0v) is 18.3. The van der Waals surface area contributed by atoms with Crippen LogP contribution in [0.2, 0.25) is 0 Å². The van der Waals surface area contributed by atoms with Crippen LogP contribution in [-0.2, 0) is 9.59 Å². The van der Waals surface area contributed by atoms with Crippen LogP contribution in [0.15, 0.2) is 23.2 Å². The number of amides is 1. The molecule has 2 heterocycles. The third-order valence-corrected chi connectivity index (χ3v) is 5.72. The first-order valence-corrected chi connectivity index (χ1v) is 10.0. The smallest absolute Gasteiger partial charge is 0.234 e. The van der Waals surface area contributed by atoms with Gasteiger partial charge in [0.15, 0.2) is 23.4 Å². The first-order chi connectivity index (χ1) is 14.4. The number of piperidine rings is 1. The quantitative estimate of drug-likeness (QED) is 0.636. The van der Waals surface area contributed by atoms with Crippen molar-refractivity contribution in [2.24, 2.45) is 10.9 Å². The van der Waals surface area contributed by atoms with Gasteiger partial charge in [-0.1, -0.05) is 13.0 Å². The lowest BCUT2D eigenvalue weighted by Gasteiger charge is -2.39. The number of methoxy groups -OCH3 is 3. The number of hydrogen-bond donors (Lipinski definition) is 0. The summed E-state index contributed by atoms with van der Waals surface area (Å²) in [5, 5.41) is 0. The normalized spacial score (nSPS) is 23.7. The van der Waals surface area contributed by atoms with E-state index in [1.165, 1.54) is 0 Å². The average molecular weight is 415 g/mol. The van der Waals surface area contributed by atoms with Crippen molar-refractivity contribution in [2.45, 2.75) is 32.5 Å². The lowest BCUT2D eigenvalue weighted by Crippen LogP contribution is -2.61. The molecule has 8 nitrogen and oxygen atoms in total. The maximum Gasteiger partial charge on any atom is 0.234 e. The third-order valence-electron chi connectivity index (χ3n) is 5.72. The molecule has 1 aromatic rings. The number of benzene rings is 1. The largest absolute Gasteiger partial charge is 0.493 e. The van der Waals surface area contributed by atoms with Crippen molar-refractivity contribution < 1.29 is 23.8 Å². The Labute approximate surface area is 177 Å². The van der Waals surface area contributed by atoms with Crippen LogP contribution >= 0.6 is 0 Å². The number of nitrogens with zero attached hydrogens (tertiary/aromatic N) is 3. The molecule has 0 saturated carbocycles. The Morgan fingerprint density at radius 1 is 1.03 bits per heavy atom. The second kappa shape index (κ2) is 8.77. The minimum atomic E-state index is -0.595. The molecular weight excluding hydrogens is 386 g/mol. The van der Waals surface area contributed by atoms with Gasteiger partial charge in [0.25, 0.3) is 0 Å². The Balaban J connectivity index is 1.93. The Morgan fingerprint density at radius 2 is 1.67 bits per heavy atom. The predicted molar refractivity (Wildman–Crippen MR) is 114 cm³/mol. The molecule has 0 spiro atoms. The molecule has 3 rings (SSSR count). The molecule has 8 heteroatoms. The lowest BCUT2D eigenvalue weighted by molar-refractivity contribution is -0.152. The number of fused-ring (bicyclic) bond motifs is 1. The van der Waals surface area contributed by atoms with Gasteiger partial charge < -0.3 is 24.0 Å². The van der Waals surface area contributed by atoms with Crippen molar-refractivity contribution >= 4 is 23.6 Å². The SMILES string of the molecule is CCC1C(=O)C2C(N=C(/C=C/c3cc(OC)c(OC)c(OC)c3)N2C)N(CC)C1=O. The molecule has 162 valence electrons. The number of rotatable bonds is 7. The van der Waals surface area contributed by atoms with Crippen molar-refractivity contribution in [3.63, 3.8) is 0 Å². The van der Waals surface area contributed by atoms with E-state index in [2.05, 4.69) is 0 Å². The molecule has 1 amide bonds. The van der Waals surface area contributed by atoms with Gasteiger partial charge in [0.2, 0.25) is 11.7 Å². The molecule has 30 heavy (non-hydrogen) atoms. The molecule has 0 bridgehead atoms. The molecule has 0 radical (unpaired) electrons. The summed E-state index contributed by atoms with van der Waals surface area (Å²) in [6.07, 6.45) is 3.73. The van der Waals surface area contributed by atoms with Crippen molar-refractivity contribution in [1.29, 1.82) is 0 Å². The van der Waals surface area contributed by atoms with Crippen LogP contribution in [0, 0.1) is 5.92 Å². The molecule has 0 N–H and O–H groups in total. The summed E-state index contributed by atoms with van der Waals surface area (Å²) in [5.41, 5.74) is 0.830. The number of ether oxygens (including phenoxy) is 3. The Bertz CT molecular complexity index is 870. The Kier molecular flexibility index (Phi) is 6.34. The summed E-state index contributed by atoms with van der Waals surface area (Å²) in [6.45, 7) is 4.30. The van der Waals surface area contributed by atoms with E-state index in [0.717, 1.165) is 5.56 Å². The summed E-state index contributed by atoms with van der Waals surface area (Å²) in [4.78, 5) is 33.9. The van der Waals surface area contributed by atoms with Gasteiger partial charge in [0.05, 0.1) is 27.2 Å². The Morgan fingerprint density at radius 3 is 2.17 bits per heavy atom. The number of ketones is 1. The van der Waals surface area contributed by atoms with E-state index < -0.39 is 18.1 Å². The van der Waals surface area contributed by atoms with Gasteiger partial charge in [-0.3, -0.25) is 9.59 Å². The molecule has 3 atom stereocenters. The minimum Gasteiger partial charge on any atom is -0.493 e. The first-order valence-electron chi connectivity index (χ1n) is 10.0. The van der Waals surface area contributed by atoms with Crippen LogP contribution in [0.4, 0.5) is 0 Å². The lowest BCUT2D eigenvalue weighted by atomic mass is 9.87. The van der Waals surface area contributed by atoms with Gasteiger partial charge >= 0.3 is 0 Å². The third kappa shape index (κ3) is 3.51. The van der Waals surface area contributed by atoms with Crippen LogP contribution < -0.4 is 14.2 Å². The number of carbonyl (C=O) groups excluding carboxylic acids is 2. The van der Waals surface area contributed by atoms with Crippen LogP contribution in [0.1, 0.15) is 25.8 Å². The summed E-state index contributed by atoms with van der Waals surface area (Å²) >= 11 is 0. The molecule has 0 aliphatic carbocycles. The summed E-state index contributed by atoms with van der Waals surface area (Å²) < 4.78 is 16.2. The number of aliphatic imine (C=N–C) groups is 1. The van der Waals surface area contributed by atoms with Crippen molar-refractivity contribution in [3.8, 4) is 17.2 Å². The number of carbonyl (C=O) groups is 2. The van der Waals surface area contributed by atoms with E-state index >= 15 is 0 Å². The molecule has 3 unspecified atom stereocenters. The highest BCUT2D eigenvalue weighted by atomic mass is 16.5. The number of likely N-dealkylation sites (N-methyl/N-ethyl adjacent to an activating group) is 2. The second-order valence-electron chi connectivity index (χ2n) is 7.24. The number of likely N-dealkylation sites (tertiary alicyclic amines) is 1. The van der Waals surface area contributed by atoms with Crippen molar-refractivity contribution in [2.75, 3.05) is 34.9 Å². The zero-order valence-electron chi connectivity index (χ0n) is 18.3.